The van der Waals surface area contributed by atoms with E-state index >= 15 is 0 Å². The largest absolute Gasteiger partial charge is 0.489 e. The van der Waals surface area contributed by atoms with Crippen molar-refractivity contribution >= 4 is 11.6 Å². The van der Waals surface area contributed by atoms with Gasteiger partial charge in [0.25, 0.3) is 0 Å². The molecule has 0 unspecified atom stereocenters. The van der Waals surface area contributed by atoms with Crippen LogP contribution < -0.4 is 9.47 Å². The van der Waals surface area contributed by atoms with Gasteiger partial charge < -0.3 is 14.2 Å². The van der Waals surface area contributed by atoms with Crippen LogP contribution in [0.5, 0.6) is 17.2 Å². The Labute approximate surface area is 188 Å². The van der Waals surface area contributed by atoms with Crippen LogP contribution in [0.3, 0.4) is 0 Å². The molecule has 164 valence electrons. The number of halogens is 2. The molecule has 0 bridgehead atoms. The Morgan fingerprint density at radius 2 is 1.68 bits per heavy atom. The van der Waals surface area contributed by atoms with E-state index in [0.717, 1.165) is 11.1 Å². The van der Waals surface area contributed by atoms with Gasteiger partial charge >= 0.3 is 0 Å². The van der Waals surface area contributed by atoms with Crippen LogP contribution in [0.2, 0.25) is 5.02 Å². The van der Waals surface area contributed by atoms with E-state index in [9.17, 15) is 4.39 Å². The summed E-state index contributed by atoms with van der Waals surface area (Å²) in [6.45, 7) is 8.94. The fourth-order valence-electron chi connectivity index (χ4n) is 3.11. The van der Waals surface area contributed by atoms with Crippen molar-refractivity contribution in [2.45, 2.75) is 45.8 Å². The molecule has 0 atom stereocenters. The Hall–Kier alpha value is -2.56. The average molecular weight is 443 g/mol. The van der Waals surface area contributed by atoms with E-state index < -0.39 is 5.82 Å². The lowest BCUT2D eigenvalue weighted by molar-refractivity contribution is 0.0823. The van der Waals surface area contributed by atoms with Crippen molar-refractivity contribution in [2.24, 2.45) is 0 Å². The third-order valence-corrected chi connectivity index (χ3v) is 5.07. The zero-order chi connectivity index (χ0) is 22.4. The summed E-state index contributed by atoms with van der Waals surface area (Å²) in [5, 5.41) is 0.584. The van der Waals surface area contributed by atoms with Gasteiger partial charge in [0.15, 0.2) is 11.6 Å². The molecule has 0 aromatic heterocycles. The minimum atomic E-state index is -0.411. The molecule has 5 heteroatoms. The molecule has 0 radical (unpaired) electrons. The molecule has 0 saturated heterocycles. The highest BCUT2D eigenvalue weighted by atomic mass is 35.5. The fourth-order valence-corrected chi connectivity index (χ4v) is 3.34. The van der Waals surface area contributed by atoms with Crippen LogP contribution in [0, 0.1) is 5.82 Å². The van der Waals surface area contributed by atoms with Gasteiger partial charge in [-0.2, -0.15) is 0 Å². The molecule has 3 rings (SSSR count). The molecule has 0 fully saturated rings. The first-order valence-corrected chi connectivity index (χ1v) is 10.7. The molecule has 0 heterocycles. The highest BCUT2D eigenvalue weighted by Crippen LogP contribution is 2.33. The summed E-state index contributed by atoms with van der Waals surface area (Å²) in [6.07, 6.45) is 0.0613. The minimum absolute atomic E-state index is 0.0613. The summed E-state index contributed by atoms with van der Waals surface area (Å²) >= 11 is 6.39. The van der Waals surface area contributed by atoms with Crippen LogP contribution in [0.25, 0.3) is 0 Å². The van der Waals surface area contributed by atoms with Crippen molar-refractivity contribution in [1.29, 1.82) is 0 Å². The molecule has 0 aliphatic heterocycles. The van der Waals surface area contributed by atoms with E-state index in [2.05, 4.69) is 13.8 Å². The predicted molar refractivity (Wildman–Crippen MR) is 123 cm³/mol. The molecular formula is C26H28ClFO3. The van der Waals surface area contributed by atoms with Crippen molar-refractivity contribution in [2.75, 3.05) is 6.61 Å². The van der Waals surface area contributed by atoms with Gasteiger partial charge in [0.05, 0.1) is 24.3 Å². The van der Waals surface area contributed by atoms with Crippen LogP contribution in [0.1, 0.15) is 38.8 Å². The fraction of sp³-hybridized carbons (Fsp3) is 0.308. The second kappa shape index (κ2) is 10.2. The van der Waals surface area contributed by atoms with Gasteiger partial charge in [-0.1, -0.05) is 55.8 Å². The first kappa shape index (κ1) is 23.1. The summed E-state index contributed by atoms with van der Waals surface area (Å²) in [5.41, 5.74) is 1.63. The first-order valence-electron chi connectivity index (χ1n) is 10.3. The van der Waals surface area contributed by atoms with Crippen LogP contribution >= 0.6 is 11.6 Å². The summed E-state index contributed by atoms with van der Waals surface area (Å²) in [6, 6.07) is 19.7. The van der Waals surface area contributed by atoms with Gasteiger partial charge in [-0.3, -0.25) is 0 Å². The Morgan fingerprint density at radius 3 is 2.35 bits per heavy atom. The Balaban J connectivity index is 1.62. The molecule has 0 amide bonds. The maximum Gasteiger partial charge on any atom is 0.165 e. The van der Waals surface area contributed by atoms with E-state index in [1.807, 2.05) is 50.2 Å². The highest BCUT2D eigenvalue weighted by molar-refractivity contribution is 6.32. The van der Waals surface area contributed by atoms with Crippen molar-refractivity contribution in [3.8, 4) is 17.2 Å². The third kappa shape index (κ3) is 6.46. The second-order valence-electron chi connectivity index (χ2n) is 8.37. The lowest BCUT2D eigenvalue weighted by Gasteiger charge is -2.26. The molecule has 0 aliphatic carbocycles. The predicted octanol–water partition coefficient (Wildman–Crippen LogP) is 7.55. The highest BCUT2D eigenvalue weighted by Gasteiger charge is 2.22. The smallest absolute Gasteiger partial charge is 0.165 e. The van der Waals surface area contributed by atoms with Gasteiger partial charge in [-0.15, -0.1) is 0 Å². The van der Waals surface area contributed by atoms with Gasteiger partial charge in [0.1, 0.15) is 11.5 Å². The zero-order valence-electron chi connectivity index (χ0n) is 18.3. The van der Waals surface area contributed by atoms with Gasteiger partial charge in [-0.25, -0.2) is 4.39 Å². The normalized spacial score (nSPS) is 11.6. The summed E-state index contributed by atoms with van der Waals surface area (Å²) in [5.74, 6) is 1.03. The van der Waals surface area contributed by atoms with E-state index in [0.29, 0.717) is 29.7 Å². The maximum atomic E-state index is 14.1. The van der Waals surface area contributed by atoms with Crippen molar-refractivity contribution in [3.05, 3.63) is 88.7 Å². The summed E-state index contributed by atoms with van der Waals surface area (Å²) < 4.78 is 31.5. The van der Waals surface area contributed by atoms with E-state index in [4.69, 9.17) is 25.8 Å². The van der Waals surface area contributed by atoms with Crippen LogP contribution in [0.15, 0.2) is 66.7 Å². The molecule has 31 heavy (non-hydrogen) atoms. The van der Waals surface area contributed by atoms with Crippen LogP contribution in [-0.4, -0.2) is 12.7 Å². The molecular weight excluding hydrogens is 415 g/mol. The lowest BCUT2D eigenvalue weighted by atomic mass is 9.85. The van der Waals surface area contributed by atoms with Gasteiger partial charge in [-0.05, 0) is 61.4 Å². The lowest BCUT2D eigenvalue weighted by Crippen LogP contribution is -2.24. The van der Waals surface area contributed by atoms with E-state index in [1.54, 1.807) is 24.3 Å². The summed E-state index contributed by atoms with van der Waals surface area (Å²) in [7, 11) is 0. The van der Waals surface area contributed by atoms with Gasteiger partial charge in [0.2, 0.25) is 0 Å². The average Bonchev–Trinajstić information content (AvgIpc) is 2.72. The van der Waals surface area contributed by atoms with Crippen LogP contribution in [-0.2, 0) is 16.8 Å². The minimum Gasteiger partial charge on any atom is -0.489 e. The number of rotatable bonds is 9. The number of hydrogen-bond acceptors (Lipinski definition) is 3. The first-order chi connectivity index (χ1) is 14.7. The number of ether oxygens (including phenoxy) is 3. The monoisotopic (exact) mass is 442 g/mol. The maximum absolute atomic E-state index is 14.1. The van der Waals surface area contributed by atoms with Crippen molar-refractivity contribution in [3.63, 3.8) is 0 Å². The van der Waals surface area contributed by atoms with Gasteiger partial charge in [0, 0.05) is 5.41 Å². The topological polar surface area (TPSA) is 27.7 Å². The Bertz CT molecular complexity index is 1000. The number of hydrogen-bond donors (Lipinski definition) is 0. The Morgan fingerprint density at radius 1 is 0.935 bits per heavy atom. The number of para-hydroxylation sites is 1. The quantitative estimate of drug-likeness (QED) is 0.342. The zero-order valence-corrected chi connectivity index (χ0v) is 19.1. The number of benzene rings is 3. The molecule has 0 N–H and O–H groups in total. The van der Waals surface area contributed by atoms with Crippen molar-refractivity contribution < 1.29 is 18.6 Å². The molecule has 0 aliphatic rings. The molecule has 0 saturated carbocycles. The summed E-state index contributed by atoms with van der Waals surface area (Å²) in [4.78, 5) is 0. The van der Waals surface area contributed by atoms with Crippen molar-refractivity contribution in [1.82, 2.24) is 0 Å². The van der Waals surface area contributed by atoms with Crippen LogP contribution in [0.4, 0.5) is 4.39 Å². The van der Waals surface area contributed by atoms with E-state index in [-0.39, 0.29) is 17.3 Å². The SMILES string of the molecule is CC(C)Oc1ccc(C(C)(C)COCc2ccc(F)c(Oc3ccccc3)c2)cc1Cl. The molecule has 3 aromatic carbocycles. The Kier molecular flexibility index (Phi) is 7.58. The van der Waals surface area contributed by atoms with E-state index in [1.165, 1.54) is 6.07 Å². The molecule has 0 spiro atoms. The third-order valence-electron chi connectivity index (χ3n) is 4.77. The standard InChI is InChI=1S/C26H28ClFO3/c1-18(2)30-24-13-11-20(15-22(24)27)26(3,4)17-29-16-19-10-12-23(28)25(14-19)31-21-8-6-5-7-9-21/h5-15,18H,16-17H2,1-4H3. The second-order valence-corrected chi connectivity index (χ2v) is 8.78. The molecule has 3 nitrogen and oxygen atoms in total. The molecule has 3 aromatic rings.